The van der Waals surface area contributed by atoms with Gasteiger partial charge in [0.25, 0.3) is 0 Å². The highest BCUT2D eigenvalue weighted by atomic mass is 15.1. The summed E-state index contributed by atoms with van der Waals surface area (Å²) in [4.78, 5) is 2.38. The van der Waals surface area contributed by atoms with Crippen LogP contribution in [-0.4, -0.2) is 24.5 Å². The van der Waals surface area contributed by atoms with E-state index in [0.29, 0.717) is 5.41 Å². The lowest BCUT2D eigenvalue weighted by molar-refractivity contribution is -0.00246. The predicted molar refractivity (Wildman–Crippen MR) is 97.7 cm³/mol. The van der Waals surface area contributed by atoms with Gasteiger partial charge in [-0.2, -0.15) is 0 Å². The molecule has 0 aliphatic carbocycles. The zero-order valence-corrected chi connectivity index (χ0v) is 17.1. The summed E-state index contributed by atoms with van der Waals surface area (Å²) in [6.07, 6.45) is 2.60. The maximum absolute atomic E-state index is 2.47. The molecular weight excluding hydrogens is 254 g/mol. The van der Waals surface area contributed by atoms with Gasteiger partial charge >= 0.3 is 0 Å². The van der Waals surface area contributed by atoms with Crippen molar-refractivity contribution in [1.82, 2.24) is 4.90 Å². The van der Waals surface area contributed by atoms with Crippen molar-refractivity contribution in [2.45, 2.75) is 87.6 Å². The van der Waals surface area contributed by atoms with Crippen LogP contribution in [0.2, 0.25) is 0 Å². The molecule has 0 aliphatic heterocycles. The fourth-order valence-electron chi connectivity index (χ4n) is 3.28. The molecule has 1 heteroatoms. The molecule has 2 atom stereocenters. The number of hydrogen-bond acceptors (Lipinski definition) is 1. The Labute approximate surface area is 135 Å². The van der Waals surface area contributed by atoms with E-state index in [-0.39, 0.29) is 11.0 Å². The third-order valence-electron chi connectivity index (χ3n) is 6.87. The van der Waals surface area contributed by atoms with Crippen LogP contribution in [0.5, 0.6) is 0 Å². The van der Waals surface area contributed by atoms with Gasteiger partial charge in [-0.25, -0.2) is 0 Å². The summed E-state index contributed by atoms with van der Waals surface area (Å²) in [6, 6.07) is 0. The minimum Gasteiger partial charge on any atom is -0.304 e. The van der Waals surface area contributed by atoms with E-state index in [0.717, 1.165) is 17.8 Å². The van der Waals surface area contributed by atoms with E-state index in [1.807, 2.05) is 0 Å². The van der Waals surface area contributed by atoms with Crippen LogP contribution < -0.4 is 0 Å². The zero-order chi connectivity index (χ0) is 17.2. The van der Waals surface area contributed by atoms with Crippen molar-refractivity contribution in [3.8, 4) is 0 Å². The molecule has 0 aromatic rings. The van der Waals surface area contributed by atoms with Gasteiger partial charge in [0.05, 0.1) is 0 Å². The summed E-state index contributed by atoms with van der Waals surface area (Å²) in [5.74, 6) is 2.35. The molecule has 0 fully saturated rings. The summed E-state index contributed by atoms with van der Waals surface area (Å²) in [6.45, 7) is 24.1. The molecule has 0 saturated heterocycles. The third kappa shape index (κ3) is 5.27. The molecule has 0 rings (SSSR count). The Hall–Kier alpha value is -0.0400. The second-order valence-electron chi connectivity index (χ2n) is 9.86. The van der Waals surface area contributed by atoms with Crippen molar-refractivity contribution in [3.05, 3.63) is 0 Å². The second-order valence-corrected chi connectivity index (χ2v) is 9.86. The molecule has 0 aromatic heterocycles. The summed E-state index contributed by atoms with van der Waals surface area (Å²) in [7, 11) is 4.41. The molecule has 2 unspecified atom stereocenters. The maximum Gasteiger partial charge on any atom is 0.0198 e. The monoisotopic (exact) mass is 297 g/mol. The van der Waals surface area contributed by atoms with Gasteiger partial charge < -0.3 is 4.90 Å². The quantitative estimate of drug-likeness (QED) is 0.524. The van der Waals surface area contributed by atoms with E-state index < -0.39 is 0 Å². The first-order valence-corrected chi connectivity index (χ1v) is 8.82. The normalized spacial score (nSPS) is 17.4. The Morgan fingerprint density at radius 2 is 1.24 bits per heavy atom. The van der Waals surface area contributed by atoms with Gasteiger partial charge in [0.2, 0.25) is 0 Å². The lowest BCUT2D eigenvalue weighted by Crippen LogP contribution is -2.52. The van der Waals surface area contributed by atoms with E-state index in [4.69, 9.17) is 0 Å². The summed E-state index contributed by atoms with van der Waals surface area (Å²) < 4.78 is 0. The van der Waals surface area contributed by atoms with Gasteiger partial charge in [0, 0.05) is 5.54 Å². The molecule has 0 spiro atoms. The van der Waals surface area contributed by atoms with E-state index in [9.17, 15) is 0 Å². The zero-order valence-electron chi connectivity index (χ0n) is 17.1. The lowest BCUT2D eigenvalue weighted by atomic mass is 9.61. The minimum atomic E-state index is 0.202. The molecule has 0 N–H and O–H groups in total. The molecule has 0 radical (unpaired) electrons. The summed E-state index contributed by atoms with van der Waals surface area (Å²) in [5.41, 5.74) is 0.864. The van der Waals surface area contributed by atoms with Crippen molar-refractivity contribution in [1.29, 1.82) is 0 Å². The molecule has 0 aliphatic rings. The molecule has 21 heavy (non-hydrogen) atoms. The van der Waals surface area contributed by atoms with Crippen molar-refractivity contribution in [2.75, 3.05) is 14.1 Å². The average Bonchev–Trinajstić information content (AvgIpc) is 2.26. The Balaban J connectivity index is 5.02. The number of hydrogen-bond donors (Lipinski definition) is 0. The Morgan fingerprint density at radius 1 is 0.810 bits per heavy atom. The molecular formula is C20H43N. The van der Waals surface area contributed by atoms with Crippen molar-refractivity contribution in [2.24, 2.45) is 28.6 Å². The summed E-state index contributed by atoms with van der Waals surface area (Å²) >= 11 is 0. The highest BCUT2D eigenvalue weighted by molar-refractivity contribution is 4.97. The fraction of sp³-hybridized carbons (Fsp3) is 1.00. The van der Waals surface area contributed by atoms with Gasteiger partial charge in [-0.15, -0.1) is 0 Å². The van der Waals surface area contributed by atoms with Gasteiger partial charge in [-0.3, -0.25) is 0 Å². The third-order valence-corrected chi connectivity index (χ3v) is 6.87. The SMILES string of the molecule is CC(C)C(C)CC(C)C(C)(C)CC(C)(C)C(C)(C)N(C)C. The molecule has 0 amide bonds. The van der Waals surface area contributed by atoms with Crippen LogP contribution in [-0.2, 0) is 0 Å². The molecule has 128 valence electrons. The van der Waals surface area contributed by atoms with Crippen LogP contribution in [0.25, 0.3) is 0 Å². The van der Waals surface area contributed by atoms with Crippen LogP contribution >= 0.6 is 0 Å². The van der Waals surface area contributed by atoms with Crippen molar-refractivity contribution in [3.63, 3.8) is 0 Å². The van der Waals surface area contributed by atoms with Crippen molar-refractivity contribution < 1.29 is 0 Å². The molecule has 1 nitrogen and oxygen atoms in total. The maximum atomic E-state index is 2.47. The molecule has 0 heterocycles. The van der Waals surface area contributed by atoms with E-state index in [1.54, 1.807) is 0 Å². The fourth-order valence-corrected chi connectivity index (χ4v) is 3.28. The first-order valence-electron chi connectivity index (χ1n) is 8.82. The van der Waals surface area contributed by atoms with Crippen LogP contribution in [0.4, 0.5) is 0 Å². The van der Waals surface area contributed by atoms with Gasteiger partial charge in [0.15, 0.2) is 0 Å². The van der Waals surface area contributed by atoms with Crippen LogP contribution in [0.1, 0.15) is 82.1 Å². The summed E-state index contributed by atoms with van der Waals surface area (Å²) in [5, 5.41) is 0. The molecule has 0 saturated carbocycles. The number of rotatable bonds is 8. The standard InChI is InChI=1S/C20H43N/c1-15(2)16(3)13-17(4)18(5,6)14-19(7,8)20(9,10)21(11)12/h15-17H,13-14H2,1-12H3. The van der Waals surface area contributed by atoms with Crippen LogP contribution in [0, 0.1) is 28.6 Å². The Kier molecular flexibility index (Phi) is 7.01. The first-order chi connectivity index (χ1) is 9.15. The molecule has 0 bridgehead atoms. The molecule has 0 aromatic carbocycles. The second kappa shape index (κ2) is 7.02. The Bertz CT molecular complexity index is 310. The average molecular weight is 298 g/mol. The van der Waals surface area contributed by atoms with Crippen molar-refractivity contribution >= 4 is 0 Å². The van der Waals surface area contributed by atoms with Gasteiger partial charge in [-0.1, -0.05) is 55.4 Å². The van der Waals surface area contributed by atoms with Crippen LogP contribution in [0.3, 0.4) is 0 Å². The van der Waals surface area contributed by atoms with E-state index in [1.165, 1.54) is 12.8 Å². The highest BCUT2D eigenvalue weighted by Crippen LogP contribution is 2.47. The Morgan fingerprint density at radius 3 is 1.57 bits per heavy atom. The van der Waals surface area contributed by atoms with Gasteiger partial charge in [0.1, 0.15) is 0 Å². The first kappa shape index (κ1) is 21.0. The largest absolute Gasteiger partial charge is 0.304 e. The number of nitrogens with zero attached hydrogens (tertiary/aromatic N) is 1. The highest BCUT2D eigenvalue weighted by Gasteiger charge is 2.43. The smallest absolute Gasteiger partial charge is 0.0198 e. The lowest BCUT2D eigenvalue weighted by Gasteiger charge is -2.51. The van der Waals surface area contributed by atoms with Gasteiger partial charge in [-0.05, 0) is 69.4 Å². The van der Waals surface area contributed by atoms with Crippen LogP contribution in [0.15, 0.2) is 0 Å². The topological polar surface area (TPSA) is 3.24 Å². The minimum absolute atomic E-state index is 0.202. The van der Waals surface area contributed by atoms with E-state index >= 15 is 0 Å². The van der Waals surface area contributed by atoms with E-state index in [2.05, 4.69) is 88.2 Å². The predicted octanol–water partition coefficient (Wildman–Crippen LogP) is 6.09.